The Balaban J connectivity index is 1.87. The molecule has 1 aromatic carbocycles. The van der Waals surface area contributed by atoms with Crippen molar-refractivity contribution in [2.75, 3.05) is 12.3 Å². The molecule has 2 rings (SSSR count). The van der Waals surface area contributed by atoms with Crippen molar-refractivity contribution in [3.05, 3.63) is 28.8 Å². The predicted molar refractivity (Wildman–Crippen MR) is 58.2 cm³/mol. The lowest BCUT2D eigenvalue weighted by Crippen LogP contribution is -1.98. The quantitative estimate of drug-likeness (QED) is 0.778. The molecule has 0 spiro atoms. The molecule has 1 fully saturated rings. The summed E-state index contributed by atoms with van der Waals surface area (Å²) in [6.45, 7) is 1.45. The fourth-order valence-electron chi connectivity index (χ4n) is 1.30. The van der Waals surface area contributed by atoms with E-state index in [4.69, 9.17) is 22.1 Å². The van der Waals surface area contributed by atoms with Gasteiger partial charge in [0.25, 0.3) is 0 Å². The molecule has 0 radical (unpaired) electrons. The maximum absolute atomic E-state index is 6.00. The molecule has 3 heteroatoms. The first kappa shape index (κ1) is 9.81. The summed E-state index contributed by atoms with van der Waals surface area (Å²) in [6, 6.07) is 5.53. The second-order valence-corrected chi connectivity index (χ2v) is 4.22. The van der Waals surface area contributed by atoms with Gasteiger partial charge in [-0.1, -0.05) is 17.7 Å². The van der Waals surface area contributed by atoms with Gasteiger partial charge >= 0.3 is 0 Å². The van der Waals surface area contributed by atoms with Gasteiger partial charge in [0.1, 0.15) is 0 Å². The summed E-state index contributed by atoms with van der Waals surface area (Å²) in [5.74, 6) is 0.794. The molecule has 0 unspecified atom stereocenters. The molecule has 0 amide bonds. The van der Waals surface area contributed by atoms with Crippen molar-refractivity contribution in [1.82, 2.24) is 0 Å². The third-order valence-corrected chi connectivity index (χ3v) is 2.74. The topological polar surface area (TPSA) is 35.2 Å². The van der Waals surface area contributed by atoms with E-state index < -0.39 is 0 Å². The van der Waals surface area contributed by atoms with Crippen molar-refractivity contribution >= 4 is 17.3 Å². The maximum atomic E-state index is 6.00. The zero-order valence-electron chi connectivity index (χ0n) is 8.00. The van der Waals surface area contributed by atoms with Crippen LogP contribution in [0.15, 0.2) is 18.2 Å². The lowest BCUT2D eigenvalue weighted by Gasteiger charge is -2.05. The standard InChI is InChI=1S/C11H14ClNO/c12-11-5-10(13)4-3-9(11)7-14-6-8-1-2-8/h3-5,8H,1-2,6-7,13H2. The molecule has 2 nitrogen and oxygen atoms in total. The van der Waals surface area contributed by atoms with Crippen LogP contribution in [0.25, 0.3) is 0 Å². The largest absolute Gasteiger partial charge is 0.399 e. The van der Waals surface area contributed by atoms with E-state index in [9.17, 15) is 0 Å². The molecule has 14 heavy (non-hydrogen) atoms. The van der Waals surface area contributed by atoms with Crippen LogP contribution in [0.3, 0.4) is 0 Å². The fraction of sp³-hybridized carbons (Fsp3) is 0.455. The molecule has 2 N–H and O–H groups in total. The molecule has 0 aliphatic heterocycles. The minimum absolute atomic E-state index is 0.593. The first-order valence-corrected chi connectivity index (χ1v) is 5.25. The summed E-state index contributed by atoms with van der Waals surface area (Å²) in [5, 5.41) is 0.695. The monoisotopic (exact) mass is 211 g/mol. The number of benzene rings is 1. The normalized spacial score (nSPS) is 15.8. The van der Waals surface area contributed by atoms with Crippen molar-refractivity contribution in [1.29, 1.82) is 0 Å². The molecule has 76 valence electrons. The Kier molecular flexibility index (Phi) is 2.94. The van der Waals surface area contributed by atoms with Crippen molar-refractivity contribution in [3.63, 3.8) is 0 Å². The highest BCUT2D eigenvalue weighted by Gasteiger charge is 2.21. The van der Waals surface area contributed by atoms with E-state index in [0.29, 0.717) is 17.3 Å². The van der Waals surface area contributed by atoms with E-state index in [1.807, 2.05) is 12.1 Å². The lowest BCUT2D eigenvalue weighted by atomic mass is 10.2. The van der Waals surface area contributed by atoms with Gasteiger partial charge in [-0.3, -0.25) is 0 Å². The van der Waals surface area contributed by atoms with E-state index in [2.05, 4.69) is 0 Å². The highest BCUT2D eigenvalue weighted by atomic mass is 35.5. The average molecular weight is 212 g/mol. The molecule has 1 aliphatic rings. The van der Waals surface area contributed by atoms with E-state index in [1.165, 1.54) is 12.8 Å². The van der Waals surface area contributed by atoms with E-state index in [1.54, 1.807) is 6.07 Å². The van der Waals surface area contributed by atoms with Gasteiger partial charge in [-0.15, -0.1) is 0 Å². The second kappa shape index (κ2) is 4.20. The van der Waals surface area contributed by atoms with Gasteiger partial charge in [-0.05, 0) is 36.5 Å². The number of nitrogens with two attached hydrogens (primary N) is 1. The summed E-state index contributed by atoms with van der Waals surface area (Å²) < 4.78 is 5.54. The number of nitrogen functional groups attached to an aromatic ring is 1. The van der Waals surface area contributed by atoms with Crippen LogP contribution in [0.2, 0.25) is 5.02 Å². The van der Waals surface area contributed by atoms with E-state index in [0.717, 1.165) is 18.1 Å². The molecule has 1 saturated carbocycles. The molecule has 0 heterocycles. The molecular formula is C11H14ClNO. The minimum atomic E-state index is 0.593. The van der Waals surface area contributed by atoms with Gasteiger partial charge in [0.05, 0.1) is 6.61 Å². The summed E-state index contributed by atoms with van der Waals surface area (Å²) >= 11 is 6.00. The van der Waals surface area contributed by atoms with Gasteiger partial charge in [-0.25, -0.2) is 0 Å². The molecule has 1 aromatic rings. The highest BCUT2D eigenvalue weighted by Crippen LogP contribution is 2.29. The smallest absolute Gasteiger partial charge is 0.0731 e. The highest BCUT2D eigenvalue weighted by molar-refractivity contribution is 6.31. The Morgan fingerprint density at radius 1 is 1.43 bits per heavy atom. The van der Waals surface area contributed by atoms with Crippen LogP contribution >= 0.6 is 11.6 Å². The Morgan fingerprint density at radius 3 is 2.86 bits per heavy atom. The number of halogens is 1. The van der Waals surface area contributed by atoms with Gasteiger partial charge in [-0.2, -0.15) is 0 Å². The SMILES string of the molecule is Nc1ccc(COCC2CC2)c(Cl)c1. The zero-order valence-corrected chi connectivity index (χ0v) is 8.76. The number of ether oxygens (including phenoxy) is 1. The predicted octanol–water partition coefficient (Wildman–Crippen LogP) is 2.85. The number of hydrogen-bond donors (Lipinski definition) is 1. The van der Waals surface area contributed by atoms with Gasteiger partial charge in [0.2, 0.25) is 0 Å². The van der Waals surface area contributed by atoms with Crippen LogP contribution in [0, 0.1) is 5.92 Å². The Labute approximate surface area is 89.0 Å². The third-order valence-electron chi connectivity index (χ3n) is 2.39. The van der Waals surface area contributed by atoms with Crippen molar-refractivity contribution in [2.24, 2.45) is 5.92 Å². The first-order chi connectivity index (χ1) is 6.75. The van der Waals surface area contributed by atoms with Crippen LogP contribution in [0.5, 0.6) is 0 Å². The molecule has 0 saturated heterocycles. The zero-order chi connectivity index (χ0) is 9.97. The van der Waals surface area contributed by atoms with Gasteiger partial charge in [0, 0.05) is 17.3 Å². The van der Waals surface area contributed by atoms with Crippen LogP contribution in [-0.4, -0.2) is 6.61 Å². The van der Waals surface area contributed by atoms with Crippen molar-refractivity contribution in [3.8, 4) is 0 Å². The van der Waals surface area contributed by atoms with Crippen molar-refractivity contribution in [2.45, 2.75) is 19.4 Å². The second-order valence-electron chi connectivity index (χ2n) is 3.81. The Morgan fingerprint density at radius 2 is 2.21 bits per heavy atom. The average Bonchev–Trinajstić information content (AvgIpc) is 2.92. The molecular weight excluding hydrogens is 198 g/mol. The van der Waals surface area contributed by atoms with Crippen LogP contribution in [0.4, 0.5) is 5.69 Å². The maximum Gasteiger partial charge on any atom is 0.0731 e. The van der Waals surface area contributed by atoms with Crippen LogP contribution in [0.1, 0.15) is 18.4 Å². The Hall–Kier alpha value is -0.730. The summed E-state index contributed by atoms with van der Waals surface area (Å²) in [5.41, 5.74) is 7.30. The van der Waals surface area contributed by atoms with Crippen molar-refractivity contribution < 1.29 is 4.74 Å². The van der Waals surface area contributed by atoms with Gasteiger partial charge < -0.3 is 10.5 Å². The van der Waals surface area contributed by atoms with Gasteiger partial charge in [0.15, 0.2) is 0 Å². The summed E-state index contributed by atoms with van der Waals surface area (Å²) in [6.07, 6.45) is 2.63. The lowest BCUT2D eigenvalue weighted by molar-refractivity contribution is 0.111. The fourth-order valence-corrected chi connectivity index (χ4v) is 1.54. The number of hydrogen-bond acceptors (Lipinski definition) is 2. The van der Waals surface area contributed by atoms with Crippen LogP contribution < -0.4 is 5.73 Å². The number of rotatable bonds is 4. The summed E-state index contributed by atoms with van der Waals surface area (Å²) in [4.78, 5) is 0. The summed E-state index contributed by atoms with van der Waals surface area (Å²) in [7, 11) is 0. The van der Waals surface area contributed by atoms with E-state index >= 15 is 0 Å². The Bertz CT molecular complexity index is 323. The minimum Gasteiger partial charge on any atom is -0.399 e. The molecule has 1 aliphatic carbocycles. The van der Waals surface area contributed by atoms with Crippen LogP contribution in [-0.2, 0) is 11.3 Å². The third kappa shape index (κ3) is 2.63. The number of anilines is 1. The molecule has 0 aromatic heterocycles. The molecule has 0 bridgehead atoms. The first-order valence-electron chi connectivity index (χ1n) is 4.87. The molecule has 0 atom stereocenters. The van der Waals surface area contributed by atoms with E-state index in [-0.39, 0.29) is 0 Å².